The van der Waals surface area contributed by atoms with Crippen molar-refractivity contribution in [1.29, 1.82) is 0 Å². The van der Waals surface area contributed by atoms with Crippen molar-refractivity contribution in [1.82, 2.24) is 9.55 Å². The van der Waals surface area contributed by atoms with Crippen molar-refractivity contribution in [3.63, 3.8) is 0 Å². The van der Waals surface area contributed by atoms with Crippen molar-refractivity contribution >= 4 is 57.8 Å². The summed E-state index contributed by atoms with van der Waals surface area (Å²) >= 11 is 16.3. The van der Waals surface area contributed by atoms with Gasteiger partial charge in [-0.05, 0) is 12.1 Å². The molecule has 1 aromatic heterocycles. The number of fused-ring (bicyclic) bond motifs is 1. The summed E-state index contributed by atoms with van der Waals surface area (Å²) in [6, 6.07) is 5.93. The molecule has 102 valence electrons. The lowest BCUT2D eigenvalue weighted by atomic mass is 10.3. The highest BCUT2D eigenvalue weighted by atomic mass is 35.5. The van der Waals surface area contributed by atoms with Gasteiger partial charge in [0.2, 0.25) is 0 Å². The summed E-state index contributed by atoms with van der Waals surface area (Å²) in [5.41, 5.74) is 1.97. The first kappa shape index (κ1) is 13.9. The normalized spacial score (nSPS) is 20.0. The molecule has 0 aliphatic carbocycles. The van der Waals surface area contributed by atoms with Crippen LogP contribution in [-0.4, -0.2) is 32.1 Å². The summed E-state index contributed by atoms with van der Waals surface area (Å²) in [5.74, 6) is 5.04. The predicted molar refractivity (Wildman–Crippen MR) is 87.9 cm³/mol. The van der Waals surface area contributed by atoms with Crippen LogP contribution in [0, 0.1) is 0 Å². The Labute approximate surface area is 131 Å². The average molecular weight is 333 g/mol. The Morgan fingerprint density at radius 2 is 2.26 bits per heavy atom. The Balaban J connectivity index is 1.98. The molecular weight excluding hydrogens is 319 g/mol. The molecule has 2 heterocycles. The highest BCUT2D eigenvalue weighted by molar-refractivity contribution is 8.06. The fraction of sp³-hybridized carbons (Fsp3) is 0.462. The van der Waals surface area contributed by atoms with Gasteiger partial charge in [0.15, 0.2) is 0 Å². The number of aromatic nitrogens is 2. The van der Waals surface area contributed by atoms with Crippen LogP contribution in [0.3, 0.4) is 0 Å². The molecule has 0 N–H and O–H groups in total. The van der Waals surface area contributed by atoms with Gasteiger partial charge >= 0.3 is 0 Å². The van der Waals surface area contributed by atoms with Gasteiger partial charge in [-0.3, -0.25) is 0 Å². The van der Waals surface area contributed by atoms with Crippen LogP contribution < -0.4 is 0 Å². The zero-order chi connectivity index (χ0) is 13.2. The number of para-hydroxylation sites is 1. The van der Waals surface area contributed by atoms with Gasteiger partial charge in [0.1, 0.15) is 11.3 Å². The zero-order valence-electron chi connectivity index (χ0n) is 10.3. The van der Waals surface area contributed by atoms with E-state index >= 15 is 0 Å². The quantitative estimate of drug-likeness (QED) is 0.781. The third kappa shape index (κ3) is 2.87. The summed E-state index contributed by atoms with van der Waals surface area (Å²) in [4.78, 5) is 4.58. The first-order chi connectivity index (χ1) is 9.29. The molecule has 0 amide bonds. The topological polar surface area (TPSA) is 17.8 Å². The van der Waals surface area contributed by atoms with E-state index in [9.17, 15) is 0 Å². The van der Waals surface area contributed by atoms with Gasteiger partial charge < -0.3 is 4.57 Å². The monoisotopic (exact) mass is 332 g/mol. The van der Waals surface area contributed by atoms with Crippen molar-refractivity contribution in [3.8, 4) is 0 Å². The average Bonchev–Trinajstić information content (AvgIpc) is 2.80. The molecule has 0 spiro atoms. The first-order valence-electron chi connectivity index (χ1n) is 6.18. The smallest absolute Gasteiger partial charge is 0.124 e. The number of alkyl halides is 1. The van der Waals surface area contributed by atoms with E-state index in [1.54, 1.807) is 0 Å². The minimum atomic E-state index is 0.426. The molecule has 1 aliphatic heterocycles. The van der Waals surface area contributed by atoms with Crippen LogP contribution in [-0.2, 0) is 12.4 Å². The van der Waals surface area contributed by atoms with Gasteiger partial charge in [-0.25, -0.2) is 4.98 Å². The molecule has 2 aromatic rings. The number of thioether (sulfide) groups is 2. The van der Waals surface area contributed by atoms with Crippen LogP contribution in [0.1, 0.15) is 5.82 Å². The van der Waals surface area contributed by atoms with E-state index in [4.69, 9.17) is 23.2 Å². The number of hydrogen-bond donors (Lipinski definition) is 0. The number of benzene rings is 1. The largest absolute Gasteiger partial charge is 0.326 e. The van der Waals surface area contributed by atoms with Gasteiger partial charge in [-0.15, -0.1) is 11.6 Å². The van der Waals surface area contributed by atoms with Gasteiger partial charge in [-0.1, -0.05) is 17.7 Å². The van der Waals surface area contributed by atoms with E-state index in [0.29, 0.717) is 16.2 Å². The molecule has 0 saturated carbocycles. The highest BCUT2D eigenvalue weighted by Crippen LogP contribution is 2.29. The molecule has 2 nitrogen and oxygen atoms in total. The highest BCUT2D eigenvalue weighted by Gasteiger charge is 2.19. The molecule has 1 aromatic carbocycles. The van der Waals surface area contributed by atoms with Crippen LogP contribution >= 0.6 is 46.7 Å². The van der Waals surface area contributed by atoms with Crippen molar-refractivity contribution in [3.05, 3.63) is 29.0 Å². The molecule has 0 bridgehead atoms. The molecule has 0 radical (unpaired) electrons. The standard InChI is InChI=1S/C13H14Cl2N2S2/c14-6-12-16-13-10(15)2-1-3-11(13)17(12)7-9-8-18-4-5-19-9/h1-3,9H,4-8H2. The van der Waals surface area contributed by atoms with Gasteiger partial charge in [0, 0.05) is 29.1 Å². The lowest BCUT2D eigenvalue weighted by molar-refractivity contribution is 0.687. The lowest BCUT2D eigenvalue weighted by Crippen LogP contribution is -2.21. The number of hydrogen-bond acceptors (Lipinski definition) is 3. The Morgan fingerprint density at radius 1 is 1.37 bits per heavy atom. The maximum Gasteiger partial charge on any atom is 0.124 e. The van der Waals surface area contributed by atoms with Crippen LogP contribution in [0.25, 0.3) is 11.0 Å². The Bertz CT molecular complexity index is 579. The fourth-order valence-corrected chi connectivity index (χ4v) is 5.38. The first-order valence-corrected chi connectivity index (χ1v) is 9.30. The molecule has 1 unspecified atom stereocenters. The Morgan fingerprint density at radius 3 is 3.00 bits per heavy atom. The third-order valence-electron chi connectivity index (χ3n) is 3.20. The summed E-state index contributed by atoms with van der Waals surface area (Å²) in [5, 5.41) is 1.34. The predicted octanol–water partition coefficient (Wildman–Crippen LogP) is 4.28. The molecule has 3 rings (SSSR count). The van der Waals surface area contributed by atoms with E-state index in [1.807, 2.05) is 35.7 Å². The van der Waals surface area contributed by atoms with Crippen molar-refractivity contribution in [2.24, 2.45) is 0 Å². The summed E-state index contributed by atoms with van der Waals surface area (Å²) in [7, 11) is 0. The number of halogens is 2. The van der Waals surface area contributed by atoms with Gasteiger partial charge in [0.05, 0.1) is 16.4 Å². The maximum atomic E-state index is 6.21. The molecule has 1 atom stereocenters. The molecular formula is C13H14Cl2N2S2. The molecule has 1 aliphatic rings. The van der Waals surface area contributed by atoms with Gasteiger partial charge in [-0.2, -0.15) is 23.5 Å². The van der Waals surface area contributed by atoms with Crippen LogP contribution in [0.5, 0.6) is 0 Å². The molecule has 19 heavy (non-hydrogen) atoms. The maximum absolute atomic E-state index is 6.21. The third-order valence-corrected chi connectivity index (χ3v) is 6.57. The second-order valence-corrected chi connectivity index (χ2v) is 7.68. The van der Waals surface area contributed by atoms with E-state index in [1.165, 1.54) is 17.3 Å². The molecule has 6 heteroatoms. The summed E-state index contributed by atoms with van der Waals surface area (Å²) < 4.78 is 2.23. The van der Waals surface area contributed by atoms with E-state index in [2.05, 4.69) is 15.6 Å². The summed E-state index contributed by atoms with van der Waals surface area (Å²) in [6.45, 7) is 0.969. The van der Waals surface area contributed by atoms with Crippen molar-refractivity contribution in [2.75, 3.05) is 17.3 Å². The number of rotatable bonds is 3. The van der Waals surface area contributed by atoms with Gasteiger partial charge in [0.25, 0.3) is 0 Å². The molecule has 1 fully saturated rings. The fourth-order valence-electron chi connectivity index (χ4n) is 2.31. The SMILES string of the molecule is ClCc1nc2c(Cl)cccc2n1CC1CSCCS1. The minimum absolute atomic E-state index is 0.426. The van der Waals surface area contributed by atoms with E-state index in [-0.39, 0.29) is 0 Å². The Kier molecular flexibility index (Phi) is 4.52. The van der Waals surface area contributed by atoms with E-state index in [0.717, 1.165) is 23.4 Å². The van der Waals surface area contributed by atoms with Crippen molar-refractivity contribution < 1.29 is 0 Å². The Hall–Kier alpha value is -0.0300. The van der Waals surface area contributed by atoms with Crippen LogP contribution in [0.15, 0.2) is 18.2 Å². The molecule has 1 saturated heterocycles. The zero-order valence-corrected chi connectivity index (χ0v) is 13.5. The van der Waals surface area contributed by atoms with Crippen molar-refractivity contribution in [2.45, 2.75) is 17.7 Å². The van der Waals surface area contributed by atoms with Crippen LogP contribution in [0.4, 0.5) is 0 Å². The van der Waals surface area contributed by atoms with Crippen LogP contribution in [0.2, 0.25) is 5.02 Å². The number of nitrogens with zero attached hydrogens (tertiary/aromatic N) is 2. The summed E-state index contributed by atoms with van der Waals surface area (Å²) in [6.07, 6.45) is 0. The second kappa shape index (κ2) is 6.17. The number of imidazole rings is 1. The minimum Gasteiger partial charge on any atom is -0.326 e. The lowest BCUT2D eigenvalue weighted by Gasteiger charge is -2.22. The van der Waals surface area contributed by atoms with E-state index < -0.39 is 0 Å². The second-order valence-electron chi connectivity index (χ2n) is 4.45.